The molecule has 1 aromatic heterocycles. The number of fused-ring (bicyclic) bond motifs is 9. The molecule has 3 heterocycles. The zero-order valence-corrected chi connectivity index (χ0v) is 27.4. The van der Waals surface area contributed by atoms with Gasteiger partial charge in [0.25, 0.3) is 5.91 Å². The van der Waals surface area contributed by atoms with Gasteiger partial charge >= 0.3 is 10.8 Å². The Morgan fingerprint density at radius 2 is 1.72 bits per heavy atom. The van der Waals surface area contributed by atoms with Crippen LogP contribution in [0.5, 0.6) is 5.75 Å². The quantitative estimate of drug-likeness (QED) is 0.265. The molecule has 240 valence electrons. The van der Waals surface area contributed by atoms with Crippen molar-refractivity contribution in [1.82, 2.24) is 9.88 Å². The Morgan fingerprint density at radius 1 is 1.04 bits per heavy atom. The van der Waals surface area contributed by atoms with Gasteiger partial charge in [-0.05, 0) is 78.5 Å². The van der Waals surface area contributed by atoms with E-state index in [4.69, 9.17) is 16.3 Å². The topological polar surface area (TPSA) is 146 Å². The first-order valence-electron chi connectivity index (χ1n) is 15.3. The lowest BCUT2D eigenvalue weighted by molar-refractivity contribution is -0.156. The van der Waals surface area contributed by atoms with Gasteiger partial charge < -0.3 is 20.1 Å². The number of carboxylic acids is 1. The van der Waals surface area contributed by atoms with Crippen LogP contribution in [-0.4, -0.2) is 56.6 Å². The third kappa shape index (κ3) is 5.24. The average molecular weight is 682 g/mol. The molecule has 2 saturated carbocycles. The fraction of sp³-hybridized carbons (Fsp3) is 0.424. The highest BCUT2D eigenvalue weighted by atomic mass is 35.5. The first-order chi connectivity index (χ1) is 22.0. The maximum absolute atomic E-state index is 13.9. The van der Waals surface area contributed by atoms with E-state index in [1.54, 1.807) is 48.2 Å². The number of benzene rings is 2. The molecule has 0 radical (unpaired) electrons. The summed E-state index contributed by atoms with van der Waals surface area (Å²) in [7, 11) is 0. The third-order valence-corrected chi connectivity index (χ3v) is 12.6. The molecule has 3 N–H and O–H groups in total. The Morgan fingerprint density at radius 3 is 2.37 bits per heavy atom. The summed E-state index contributed by atoms with van der Waals surface area (Å²) in [5, 5.41) is 14.1. The van der Waals surface area contributed by atoms with Crippen LogP contribution in [0.2, 0.25) is 5.02 Å². The highest BCUT2D eigenvalue weighted by Gasteiger charge is 2.70. The van der Waals surface area contributed by atoms with Crippen molar-refractivity contribution in [2.45, 2.75) is 48.9 Å². The molecule has 13 heteroatoms. The number of likely N-dealkylation sites (tertiary alicyclic amines) is 1. The van der Waals surface area contributed by atoms with Crippen LogP contribution >= 0.6 is 34.7 Å². The van der Waals surface area contributed by atoms with Crippen molar-refractivity contribution in [3.63, 3.8) is 0 Å². The van der Waals surface area contributed by atoms with Crippen LogP contribution in [0.15, 0.2) is 58.4 Å². The number of ether oxygens (including phenoxy) is 1. The fourth-order valence-corrected chi connectivity index (χ4v) is 11.1. The monoisotopic (exact) mass is 681 g/mol. The number of thioether (sulfide) groups is 1. The van der Waals surface area contributed by atoms with E-state index >= 15 is 0 Å². The second-order valence-corrected chi connectivity index (χ2v) is 15.5. The number of imide groups is 1. The number of aliphatic carboxylic acids is 1. The lowest BCUT2D eigenvalue weighted by Gasteiger charge is -2.43. The average Bonchev–Trinajstić information content (AvgIpc) is 3.75. The van der Waals surface area contributed by atoms with Gasteiger partial charge in [-0.15, -0.1) is 11.8 Å². The van der Waals surface area contributed by atoms with Crippen LogP contribution < -0.4 is 14.9 Å². The number of rotatable bonds is 9. The Balaban J connectivity index is 1.13. The van der Waals surface area contributed by atoms with Crippen LogP contribution in [0.4, 0.5) is 5.69 Å². The van der Waals surface area contributed by atoms with Gasteiger partial charge in [-0.2, -0.15) is 0 Å². The normalized spacial score (nSPS) is 28.2. The highest BCUT2D eigenvalue weighted by Crippen LogP contribution is 2.68. The van der Waals surface area contributed by atoms with Crippen LogP contribution in [0.1, 0.15) is 43.0 Å². The van der Waals surface area contributed by atoms with Crippen LogP contribution in [0.3, 0.4) is 0 Å². The number of carbonyl (C=O) groups is 4. The third-order valence-electron chi connectivity index (χ3n) is 9.79. The first kappa shape index (κ1) is 31.0. The second-order valence-electron chi connectivity index (χ2n) is 12.9. The number of hydrogen-bond acceptors (Lipinski definition) is 8. The van der Waals surface area contributed by atoms with Crippen molar-refractivity contribution in [2.24, 2.45) is 35.5 Å². The van der Waals surface area contributed by atoms with Crippen molar-refractivity contribution >= 4 is 64.1 Å². The molecule has 2 aliphatic heterocycles. The standard InChI is InChI=1S/C33H32ClN3O7S2/c1-14(2)11-21(32(41)42)37-30(39)25-19-12-20(26(25)31(37)40)27-24(19)23(28-29(45-27)36-33(43)46-28)15-3-9-18(10-4-15)44-13-22(38)35-17-7-5-16(34)6-8-17/h3-10,14,19-21,23-27H,11-13H2,1-2H3,(H,35,38)(H,36,43)(H,41,42)/t19?,20?,21?,23-,24?,25?,26?,27?/m1/s1. The van der Waals surface area contributed by atoms with Gasteiger partial charge in [0.05, 0.1) is 16.9 Å². The largest absolute Gasteiger partial charge is 0.484 e. The van der Waals surface area contributed by atoms with Crippen molar-refractivity contribution in [1.29, 1.82) is 0 Å². The maximum Gasteiger partial charge on any atom is 0.326 e. The minimum atomic E-state index is -1.17. The van der Waals surface area contributed by atoms with E-state index in [1.807, 2.05) is 26.0 Å². The summed E-state index contributed by atoms with van der Waals surface area (Å²) >= 11 is 8.66. The van der Waals surface area contributed by atoms with E-state index in [1.165, 1.54) is 11.3 Å². The molecule has 3 fully saturated rings. The smallest absolute Gasteiger partial charge is 0.326 e. The molecule has 2 aliphatic carbocycles. The molecule has 2 aromatic carbocycles. The number of aromatic nitrogens is 1. The van der Waals surface area contributed by atoms with E-state index in [0.717, 1.165) is 20.4 Å². The van der Waals surface area contributed by atoms with Crippen LogP contribution in [0.25, 0.3) is 0 Å². The summed E-state index contributed by atoms with van der Waals surface area (Å²) in [5.74, 6) is -3.23. The number of amides is 3. The van der Waals surface area contributed by atoms with Gasteiger partial charge in [0.15, 0.2) is 6.61 Å². The molecule has 1 saturated heterocycles. The molecule has 0 spiro atoms. The van der Waals surface area contributed by atoms with Crippen LogP contribution in [0, 0.1) is 35.5 Å². The number of nitrogens with one attached hydrogen (secondary N) is 2. The predicted octanol–water partition coefficient (Wildman–Crippen LogP) is 5.08. The lowest BCUT2D eigenvalue weighted by atomic mass is 9.68. The highest BCUT2D eigenvalue weighted by molar-refractivity contribution is 8.00. The minimum absolute atomic E-state index is 0.000922. The van der Waals surface area contributed by atoms with Crippen LogP contribution in [-0.2, 0) is 19.2 Å². The molecule has 46 heavy (non-hydrogen) atoms. The van der Waals surface area contributed by atoms with Gasteiger partial charge in [0.1, 0.15) is 11.8 Å². The lowest BCUT2D eigenvalue weighted by Crippen LogP contribution is -2.47. The van der Waals surface area contributed by atoms with E-state index in [-0.39, 0.29) is 70.5 Å². The van der Waals surface area contributed by atoms with E-state index in [0.29, 0.717) is 22.9 Å². The Hall–Kier alpha value is -3.61. The molecule has 4 aliphatic rings. The summed E-state index contributed by atoms with van der Waals surface area (Å²) in [6.07, 6.45) is 0.923. The number of carboxylic acid groups (broad SMARTS) is 1. The Bertz CT molecular complexity index is 1770. The number of halogens is 1. The number of H-pyrrole nitrogens is 1. The SMILES string of the molecule is CC(C)CC(C(=O)O)N1C(=O)C2C3CC(C2C1=O)C1C3Sc2[nH]c(=O)sc2[C@@H]1c1ccc(OCC(=O)Nc2ccc(Cl)cc2)cc1. The fourth-order valence-electron chi connectivity index (χ4n) is 8.13. The van der Waals surface area contributed by atoms with Gasteiger partial charge in [0, 0.05) is 26.8 Å². The molecule has 10 nitrogen and oxygen atoms in total. The molecule has 3 aromatic rings. The Kier molecular flexibility index (Phi) is 8.01. The second kappa shape index (κ2) is 11.9. The number of carbonyl (C=O) groups excluding carboxylic acids is 3. The maximum atomic E-state index is 13.9. The summed E-state index contributed by atoms with van der Waals surface area (Å²) in [6, 6.07) is 13.0. The Labute approximate surface area is 277 Å². The summed E-state index contributed by atoms with van der Waals surface area (Å²) in [5.41, 5.74) is 1.56. The van der Waals surface area contributed by atoms with Crippen molar-refractivity contribution in [2.75, 3.05) is 11.9 Å². The molecule has 8 atom stereocenters. The number of anilines is 1. The van der Waals surface area contributed by atoms with Crippen molar-refractivity contribution < 1.29 is 29.0 Å². The summed E-state index contributed by atoms with van der Waals surface area (Å²) < 4.78 is 5.75. The minimum Gasteiger partial charge on any atom is -0.484 e. The van der Waals surface area contributed by atoms with Crippen molar-refractivity contribution in [3.05, 3.63) is 73.7 Å². The number of hydrogen-bond donors (Lipinski definition) is 3. The van der Waals surface area contributed by atoms with Gasteiger partial charge in [0.2, 0.25) is 11.8 Å². The molecule has 2 bridgehead atoms. The molecule has 3 amide bonds. The van der Waals surface area contributed by atoms with E-state index in [9.17, 15) is 29.1 Å². The molecular formula is C33H32ClN3O7S2. The zero-order chi connectivity index (χ0) is 32.4. The van der Waals surface area contributed by atoms with Gasteiger partial charge in [-0.25, -0.2) is 4.79 Å². The molecule has 7 unspecified atom stereocenters. The summed E-state index contributed by atoms with van der Waals surface area (Å²) in [4.78, 5) is 69.7. The number of aromatic amines is 1. The summed E-state index contributed by atoms with van der Waals surface area (Å²) in [6.45, 7) is 3.57. The van der Waals surface area contributed by atoms with Crippen molar-refractivity contribution in [3.8, 4) is 5.75 Å². The zero-order valence-electron chi connectivity index (χ0n) is 25.0. The van der Waals surface area contributed by atoms with Gasteiger partial charge in [-0.3, -0.25) is 24.1 Å². The number of thiazole rings is 1. The molecule has 7 rings (SSSR count). The number of nitrogens with zero attached hydrogens (tertiary/aromatic N) is 1. The molecular weight excluding hydrogens is 650 g/mol. The van der Waals surface area contributed by atoms with E-state index < -0.39 is 23.8 Å². The predicted molar refractivity (Wildman–Crippen MR) is 173 cm³/mol. The first-order valence-corrected chi connectivity index (χ1v) is 17.4. The van der Waals surface area contributed by atoms with Gasteiger partial charge in [-0.1, -0.05) is 48.9 Å². The van der Waals surface area contributed by atoms with E-state index in [2.05, 4.69) is 10.3 Å².